The largest absolute Gasteiger partial charge is 0.353 e. The molecular weight excluding hydrogens is 378 g/mol. The molecule has 8 nitrogen and oxygen atoms in total. The van der Waals surface area contributed by atoms with Gasteiger partial charge in [-0.05, 0) is 50.4 Å². The highest BCUT2D eigenvalue weighted by molar-refractivity contribution is 5.92. The number of halogens is 1. The summed E-state index contributed by atoms with van der Waals surface area (Å²) in [7, 11) is 1.88. The predicted molar refractivity (Wildman–Crippen MR) is 110 cm³/mol. The quantitative estimate of drug-likeness (QED) is 0.835. The smallest absolute Gasteiger partial charge is 0.274 e. The summed E-state index contributed by atoms with van der Waals surface area (Å²) in [4.78, 5) is 17.0. The number of nitrogens with one attached hydrogen (secondary N) is 1. The molecule has 152 valence electrons. The van der Waals surface area contributed by atoms with Gasteiger partial charge in [0.05, 0.1) is 6.04 Å². The van der Waals surface area contributed by atoms with Crippen LogP contribution in [0, 0.1) is 0 Å². The van der Waals surface area contributed by atoms with E-state index in [-0.39, 0.29) is 24.4 Å². The van der Waals surface area contributed by atoms with Crippen LogP contribution in [0.3, 0.4) is 0 Å². The van der Waals surface area contributed by atoms with Crippen LogP contribution in [0.2, 0.25) is 0 Å². The zero-order valence-corrected chi connectivity index (χ0v) is 17.0. The van der Waals surface area contributed by atoms with E-state index in [1.54, 1.807) is 6.20 Å². The third kappa shape index (κ3) is 4.44. The second-order valence-corrected chi connectivity index (χ2v) is 7.42. The standard InChI is InChI=1S/C19H27N7O.ClH/c1-24(16-6-4-11-25(14-16)18-7-3-10-21-22-18)19(27)17-8-12-26(23-17)15-5-2-9-20-13-15;/h3,7-8,10,12,15-16,20H,2,4-6,9,11,13-14H2,1H3;1H. The zero-order chi connectivity index (χ0) is 18.6. The van der Waals surface area contributed by atoms with Gasteiger partial charge in [-0.25, -0.2) is 0 Å². The Bertz CT molecular complexity index is 763. The Hall–Kier alpha value is -2.19. The van der Waals surface area contributed by atoms with E-state index in [1.807, 2.05) is 41.0 Å². The zero-order valence-electron chi connectivity index (χ0n) is 16.2. The fourth-order valence-electron chi connectivity index (χ4n) is 4.00. The van der Waals surface area contributed by atoms with E-state index in [0.717, 1.165) is 57.7 Å². The summed E-state index contributed by atoms with van der Waals surface area (Å²) < 4.78 is 1.94. The second-order valence-electron chi connectivity index (χ2n) is 7.42. The van der Waals surface area contributed by atoms with Gasteiger partial charge in [-0.2, -0.15) is 10.2 Å². The molecule has 4 heterocycles. The molecule has 2 aromatic rings. The van der Waals surface area contributed by atoms with E-state index in [0.29, 0.717) is 11.7 Å². The number of nitrogens with zero attached hydrogens (tertiary/aromatic N) is 6. The number of hydrogen-bond acceptors (Lipinski definition) is 6. The molecule has 2 aliphatic rings. The maximum atomic E-state index is 13.0. The highest BCUT2D eigenvalue weighted by atomic mass is 35.5. The van der Waals surface area contributed by atoms with Crippen LogP contribution in [0.5, 0.6) is 0 Å². The first-order valence-electron chi connectivity index (χ1n) is 9.78. The van der Waals surface area contributed by atoms with E-state index in [9.17, 15) is 4.79 Å². The van der Waals surface area contributed by atoms with Gasteiger partial charge in [-0.3, -0.25) is 9.48 Å². The van der Waals surface area contributed by atoms with Gasteiger partial charge in [0.2, 0.25) is 0 Å². The van der Waals surface area contributed by atoms with Crippen molar-refractivity contribution in [2.45, 2.75) is 37.8 Å². The van der Waals surface area contributed by atoms with Crippen LogP contribution in [0.1, 0.15) is 42.2 Å². The molecule has 28 heavy (non-hydrogen) atoms. The van der Waals surface area contributed by atoms with Crippen molar-refractivity contribution in [2.24, 2.45) is 0 Å². The average molecular weight is 406 g/mol. The summed E-state index contributed by atoms with van der Waals surface area (Å²) in [5, 5.41) is 16.1. The molecule has 0 spiro atoms. The SMILES string of the molecule is CN(C(=O)c1ccn(C2CCCNC2)n1)C1CCCN(c2cccnn2)C1.Cl. The molecule has 0 aromatic carbocycles. The van der Waals surface area contributed by atoms with Gasteiger partial charge in [-0.1, -0.05) is 0 Å². The van der Waals surface area contributed by atoms with E-state index < -0.39 is 0 Å². The lowest BCUT2D eigenvalue weighted by molar-refractivity contribution is 0.0709. The van der Waals surface area contributed by atoms with Crippen molar-refractivity contribution in [3.8, 4) is 0 Å². The third-order valence-electron chi connectivity index (χ3n) is 5.62. The number of amides is 1. The maximum absolute atomic E-state index is 13.0. The minimum absolute atomic E-state index is 0. The van der Waals surface area contributed by atoms with Crippen LogP contribution < -0.4 is 10.2 Å². The molecule has 2 atom stereocenters. The molecule has 2 unspecified atom stereocenters. The Morgan fingerprint density at radius 1 is 1.29 bits per heavy atom. The van der Waals surface area contributed by atoms with Crippen molar-refractivity contribution in [2.75, 3.05) is 38.1 Å². The summed E-state index contributed by atoms with van der Waals surface area (Å²) in [5.74, 6) is 0.862. The van der Waals surface area contributed by atoms with Crippen molar-refractivity contribution >= 4 is 24.1 Å². The van der Waals surface area contributed by atoms with Crippen molar-refractivity contribution in [3.63, 3.8) is 0 Å². The Morgan fingerprint density at radius 3 is 2.93 bits per heavy atom. The van der Waals surface area contributed by atoms with E-state index in [1.165, 1.54) is 0 Å². The number of hydrogen-bond donors (Lipinski definition) is 1. The summed E-state index contributed by atoms with van der Waals surface area (Å²) in [6.45, 7) is 3.70. The minimum atomic E-state index is -0.0106. The lowest BCUT2D eigenvalue weighted by Gasteiger charge is -2.37. The van der Waals surface area contributed by atoms with Crippen LogP contribution in [0.25, 0.3) is 0 Å². The lowest BCUT2D eigenvalue weighted by atomic mass is 10.0. The van der Waals surface area contributed by atoms with Gasteiger partial charge in [0.25, 0.3) is 5.91 Å². The first kappa shape index (κ1) is 20.5. The van der Waals surface area contributed by atoms with Gasteiger partial charge in [0.1, 0.15) is 5.69 Å². The molecule has 4 rings (SSSR count). The molecular formula is C19H28ClN7O. The van der Waals surface area contributed by atoms with Gasteiger partial charge in [0.15, 0.2) is 5.82 Å². The van der Waals surface area contributed by atoms with Crippen LogP contribution >= 0.6 is 12.4 Å². The molecule has 2 saturated heterocycles. The Morgan fingerprint density at radius 2 is 2.18 bits per heavy atom. The van der Waals surface area contributed by atoms with Gasteiger partial charge in [-0.15, -0.1) is 17.5 Å². The molecule has 0 bridgehead atoms. The molecule has 1 N–H and O–H groups in total. The van der Waals surface area contributed by atoms with Crippen LogP contribution in [0.15, 0.2) is 30.6 Å². The Kier molecular flexibility index (Phi) is 6.85. The Balaban J connectivity index is 0.00000225. The molecule has 0 radical (unpaired) electrons. The van der Waals surface area contributed by atoms with E-state index >= 15 is 0 Å². The van der Waals surface area contributed by atoms with Crippen LogP contribution in [-0.2, 0) is 0 Å². The summed E-state index contributed by atoms with van der Waals surface area (Å²) >= 11 is 0. The number of anilines is 1. The predicted octanol–water partition coefficient (Wildman–Crippen LogP) is 1.76. The molecule has 2 aromatic heterocycles. The average Bonchev–Trinajstić information content (AvgIpc) is 3.24. The summed E-state index contributed by atoms with van der Waals surface area (Å²) in [6.07, 6.45) is 7.89. The Labute approximate surface area is 171 Å². The van der Waals surface area contributed by atoms with E-state index in [2.05, 4.69) is 25.5 Å². The molecule has 2 aliphatic heterocycles. The molecule has 9 heteroatoms. The lowest BCUT2D eigenvalue weighted by Crippen LogP contribution is -2.49. The topological polar surface area (TPSA) is 79.2 Å². The summed E-state index contributed by atoms with van der Waals surface area (Å²) in [5.41, 5.74) is 0.527. The highest BCUT2D eigenvalue weighted by Gasteiger charge is 2.28. The van der Waals surface area contributed by atoms with Crippen molar-refractivity contribution in [1.29, 1.82) is 0 Å². The summed E-state index contributed by atoms with van der Waals surface area (Å²) in [6, 6.07) is 6.20. The monoisotopic (exact) mass is 405 g/mol. The van der Waals surface area contributed by atoms with Crippen LogP contribution in [0.4, 0.5) is 5.82 Å². The molecule has 0 saturated carbocycles. The molecule has 2 fully saturated rings. The van der Waals surface area contributed by atoms with Gasteiger partial charge >= 0.3 is 0 Å². The maximum Gasteiger partial charge on any atom is 0.274 e. The van der Waals surface area contributed by atoms with Crippen molar-refractivity contribution in [3.05, 3.63) is 36.3 Å². The first-order chi connectivity index (χ1) is 13.2. The number of likely N-dealkylation sites (N-methyl/N-ethyl adjacent to an activating group) is 1. The third-order valence-corrected chi connectivity index (χ3v) is 5.62. The van der Waals surface area contributed by atoms with Gasteiger partial charge < -0.3 is 15.1 Å². The van der Waals surface area contributed by atoms with Gasteiger partial charge in [0, 0.05) is 45.1 Å². The number of carbonyl (C=O) groups is 1. The van der Waals surface area contributed by atoms with E-state index in [4.69, 9.17) is 0 Å². The molecule has 0 aliphatic carbocycles. The van der Waals surface area contributed by atoms with Crippen molar-refractivity contribution < 1.29 is 4.79 Å². The fraction of sp³-hybridized carbons (Fsp3) is 0.579. The number of piperidine rings is 2. The van der Waals surface area contributed by atoms with Crippen molar-refractivity contribution in [1.82, 2.24) is 30.2 Å². The first-order valence-corrected chi connectivity index (χ1v) is 9.78. The fourth-order valence-corrected chi connectivity index (χ4v) is 4.00. The number of aromatic nitrogens is 4. The van der Waals surface area contributed by atoms with Crippen LogP contribution in [-0.4, -0.2) is 70.1 Å². The number of carbonyl (C=O) groups excluding carboxylic acids is 1. The highest BCUT2D eigenvalue weighted by Crippen LogP contribution is 2.21. The second kappa shape index (κ2) is 9.34. The number of rotatable bonds is 4. The molecule has 1 amide bonds. The normalized spacial score (nSPS) is 22.4. The minimum Gasteiger partial charge on any atom is -0.353 e.